The van der Waals surface area contributed by atoms with Gasteiger partial charge in [-0.2, -0.15) is 11.3 Å². The number of thiophene rings is 1. The third-order valence-corrected chi connectivity index (χ3v) is 5.71. The molecule has 0 aromatic carbocycles. The highest BCUT2D eigenvalue weighted by Gasteiger charge is 2.41. The minimum absolute atomic E-state index is 0.0262. The van der Waals surface area contributed by atoms with Crippen molar-refractivity contribution in [1.29, 1.82) is 0 Å². The summed E-state index contributed by atoms with van der Waals surface area (Å²) in [4.78, 5) is 16.6. The van der Waals surface area contributed by atoms with E-state index in [2.05, 4.69) is 4.90 Å². The van der Waals surface area contributed by atoms with Crippen LogP contribution in [-0.2, 0) is 11.2 Å². The summed E-state index contributed by atoms with van der Waals surface area (Å²) >= 11 is 1.62. The Labute approximate surface area is 130 Å². The first-order valence-corrected chi connectivity index (χ1v) is 8.80. The molecule has 1 aliphatic heterocycles. The monoisotopic (exact) mass is 308 g/mol. The second-order valence-electron chi connectivity index (χ2n) is 6.26. The molecule has 1 aromatic heterocycles. The number of nitrogens with zero attached hydrogens (tertiary/aromatic N) is 2. The molecule has 0 unspecified atom stereocenters. The summed E-state index contributed by atoms with van der Waals surface area (Å²) in [6.07, 6.45) is 4.43. The minimum atomic E-state index is -0.403. The van der Waals surface area contributed by atoms with Crippen molar-refractivity contribution in [3.63, 3.8) is 0 Å². The molecule has 2 heterocycles. The highest BCUT2D eigenvalue weighted by atomic mass is 32.1. The van der Waals surface area contributed by atoms with Crippen LogP contribution in [-0.4, -0.2) is 59.1 Å². The van der Waals surface area contributed by atoms with E-state index in [9.17, 15) is 9.90 Å². The van der Waals surface area contributed by atoms with Gasteiger partial charge >= 0.3 is 0 Å². The van der Waals surface area contributed by atoms with Gasteiger partial charge in [0.25, 0.3) is 0 Å². The normalized spacial score (nSPS) is 29.9. The minimum Gasteiger partial charge on any atom is -0.389 e. The lowest BCUT2D eigenvalue weighted by molar-refractivity contribution is -0.133. The molecule has 1 saturated heterocycles. The first-order chi connectivity index (χ1) is 10.2. The third-order valence-electron chi connectivity index (χ3n) is 4.98. The van der Waals surface area contributed by atoms with Gasteiger partial charge in [-0.3, -0.25) is 9.69 Å². The van der Waals surface area contributed by atoms with Crippen LogP contribution >= 0.6 is 11.3 Å². The number of carbonyl (C=O) groups excluding carboxylic acids is 1. The zero-order valence-corrected chi connectivity index (χ0v) is 13.4. The molecule has 0 spiro atoms. The van der Waals surface area contributed by atoms with Crippen molar-refractivity contribution in [2.45, 2.75) is 50.3 Å². The van der Waals surface area contributed by atoms with Gasteiger partial charge in [-0.1, -0.05) is 0 Å². The predicted octanol–water partition coefficient (Wildman–Crippen LogP) is 1.74. The molecule has 2 fully saturated rings. The van der Waals surface area contributed by atoms with Crippen LogP contribution in [0, 0.1) is 0 Å². The summed E-state index contributed by atoms with van der Waals surface area (Å²) in [5, 5.41) is 14.6. The average Bonchev–Trinajstić information content (AvgIpc) is 3.18. The Hall–Kier alpha value is -0.910. The molecule has 4 nitrogen and oxygen atoms in total. The lowest BCUT2D eigenvalue weighted by atomic mass is 10.1. The Morgan fingerprint density at radius 2 is 2.19 bits per heavy atom. The van der Waals surface area contributed by atoms with Crippen LogP contribution < -0.4 is 0 Å². The predicted molar refractivity (Wildman–Crippen MR) is 84.4 cm³/mol. The van der Waals surface area contributed by atoms with Crippen molar-refractivity contribution >= 4 is 17.2 Å². The Morgan fingerprint density at radius 3 is 2.86 bits per heavy atom. The van der Waals surface area contributed by atoms with Crippen LogP contribution in [0.2, 0.25) is 0 Å². The zero-order valence-electron chi connectivity index (χ0n) is 12.6. The van der Waals surface area contributed by atoms with E-state index < -0.39 is 6.10 Å². The summed E-state index contributed by atoms with van der Waals surface area (Å²) in [7, 11) is 1.84. The molecule has 2 aliphatic rings. The highest BCUT2D eigenvalue weighted by Crippen LogP contribution is 2.30. The smallest absolute Gasteiger partial charge is 0.227 e. The maximum absolute atomic E-state index is 12.4. The lowest BCUT2D eigenvalue weighted by Crippen LogP contribution is -2.48. The number of carbonyl (C=O) groups is 1. The third kappa shape index (κ3) is 3.15. The average molecular weight is 308 g/mol. The fourth-order valence-corrected chi connectivity index (χ4v) is 4.38. The standard InChI is InChI=1S/C16H24N2O2S/c1-17(15(19)10-12-6-9-21-11-12)13-4-5-14(16(13)20)18-7-2-3-8-18/h6,9,11,13-14,16,20H,2-5,7-8,10H2,1H3/t13-,14-,16-/m1/s1. The summed E-state index contributed by atoms with van der Waals surface area (Å²) < 4.78 is 0. The first-order valence-electron chi connectivity index (χ1n) is 7.85. The lowest BCUT2D eigenvalue weighted by Gasteiger charge is -2.32. The number of likely N-dealkylation sites (N-methyl/N-ethyl adjacent to an activating group) is 1. The van der Waals surface area contributed by atoms with Crippen molar-refractivity contribution in [2.24, 2.45) is 0 Å². The molecule has 1 N–H and O–H groups in total. The summed E-state index contributed by atoms with van der Waals surface area (Å²) in [6.45, 7) is 2.20. The van der Waals surface area contributed by atoms with E-state index in [1.165, 1.54) is 12.8 Å². The van der Waals surface area contributed by atoms with Gasteiger partial charge in [0, 0.05) is 13.1 Å². The number of likely N-dealkylation sites (tertiary alicyclic amines) is 1. The van der Waals surface area contributed by atoms with E-state index in [0.717, 1.165) is 31.5 Å². The van der Waals surface area contributed by atoms with Crippen molar-refractivity contribution < 1.29 is 9.90 Å². The summed E-state index contributed by atoms with van der Waals surface area (Å²) in [5.41, 5.74) is 1.07. The summed E-state index contributed by atoms with van der Waals surface area (Å²) in [6, 6.07) is 2.21. The molecule has 0 bridgehead atoms. The Kier molecular flexibility index (Phi) is 4.62. The van der Waals surface area contributed by atoms with Gasteiger partial charge in [-0.15, -0.1) is 0 Å². The van der Waals surface area contributed by atoms with Crippen LogP contribution in [0.1, 0.15) is 31.2 Å². The van der Waals surface area contributed by atoms with Crippen LogP contribution in [0.5, 0.6) is 0 Å². The van der Waals surface area contributed by atoms with Crippen molar-refractivity contribution in [2.75, 3.05) is 20.1 Å². The molecular weight excluding hydrogens is 284 g/mol. The number of hydrogen-bond acceptors (Lipinski definition) is 4. The maximum atomic E-state index is 12.4. The fraction of sp³-hybridized carbons (Fsp3) is 0.688. The second kappa shape index (κ2) is 6.46. The van der Waals surface area contributed by atoms with Gasteiger partial charge in [-0.05, 0) is 61.2 Å². The number of aliphatic hydroxyl groups is 1. The fourth-order valence-electron chi connectivity index (χ4n) is 3.71. The molecule has 1 amide bonds. The Bertz CT molecular complexity index is 471. The van der Waals surface area contributed by atoms with Gasteiger partial charge in [0.2, 0.25) is 5.91 Å². The van der Waals surface area contributed by atoms with E-state index in [0.29, 0.717) is 6.42 Å². The van der Waals surface area contributed by atoms with Crippen LogP contribution in [0.4, 0.5) is 0 Å². The van der Waals surface area contributed by atoms with Gasteiger partial charge in [0.15, 0.2) is 0 Å². The molecular formula is C16H24N2O2S. The molecule has 116 valence electrons. The van der Waals surface area contributed by atoms with Crippen LogP contribution in [0.25, 0.3) is 0 Å². The number of rotatable bonds is 4. The largest absolute Gasteiger partial charge is 0.389 e. The Morgan fingerprint density at radius 1 is 1.43 bits per heavy atom. The van der Waals surface area contributed by atoms with E-state index in [4.69, 9.17) is 0 Å². The van der Waals surface area contributed by atoms with E-state index in [-0.39, 0.29) is 18.0 Å². The quantitative estimate of drug-likeness (QED) is 0.921. The molecule has 3 atom stereocenters. The molecule has 1 saturated carbocycles. The molecule has 1 aliphatic carbocycles. The molecule has 5 heteroatoms. The van der Waals surface area contributed by atoms with E-state index in [1.54, 1.807) is 16.2 Å². The topological polar surface area (TPSA) is 43.8 Å². The maximum Gasteiger partial charge on any atom is 0.227 e. The number of amides is 1. The van der Waals surface area contributed by atoms with Gasteiger partial charge in [0.05, 0.1) is 18.6 Å². The van der Waals surface area contributed by atoms with Crippen molar-refractivity contribution in [1.82, 2.24) is 9.80 Å². The molecule has 21 heavy (non-hydrogen) atoms. The summed E-state index contributed by atoms with van der Waals surface area (Å²) in [5.74, 6) is 0.111. The van der Waals surface area contributed by atoms with Gasteiger partial charge in [0.1, 0.15) is 0 Å². The van der Waals surface area contributed by atoms with Crippen molar-refractivity contribution in [3.8, 4) is 0 Å². The Balaban J connectivity index is 1.59. The van der Waals surface area contributed by atoms with Crippen LogP contribution in [0.3, 0.4) is 0 Å². The second-order valence-corrected chi connectivity index (χ2v) is 7.04. The van der Waals surface area contributed by atoms with Crippen molar-refractivity contribution in [3.05, 3.63) is 22.4 Å². The highest BCUT2D eigenvalue weighted by molar-refractivity contribution is 7.07. The van der Waals surface area contributed by atoms with Gasteiger partial charge < -0.3 is 10.0 Å². The molecule has 3 rings (SSSR count). The number of hydrogen-bond donors (Lipinski definition) is 1. The number of aliphatic hydroxyl groups excluding tert-OH is 1. The van der Waals surface area contributed by atoms with E-state index >= 15 is 0 Å². The molecule has 0 radical (unpaired) electrons. The first kappa shape index (κ1) is 15.0. The van der Waals surface area contributed by atoms with E-state index in [1.807, 2.05) is 23.9 Å². The van der Waals surface area contributed by atoms with Gasteiger partial charge in [-0.25, -0.2) is 0 Å². The SMILES string of the molecule is CN(C(=O)Cc1ccsc1)[C@@H]1CC[C@@H](N2CCCC2)[C@@H]1O. The van der Waals surface area contributed by atoms with Crippen LogP contribution in [0.15, 0.2) is 16.8 Å². The molecule has 1 aromatic rings. The zero-order chi connectivity index (χ0) is 14.8.